The number of nitriles is 2. The Morgan fingerprint density at radius 1 is 0.437 bits per heavy atom. The summed E-state index contributed by atoms with van der Waals surface area (Å²) in [6.07, 6.45) is 3.20. The molecule has 6 nitrogen and oxygen atoms in total. The van der Waals surface area contributed by atoms with Crippen molar-refractivity contribution in [1.29, 1.82) is 10.5 Å². The Labute approximate surface area is 534 Å². The molecule has 0 saturated carbocycles. The first-order valence-electron chi connectivity index (χ1n) is 30.7. The number of thiophene rings is 4. The molecule has 0 bridgehead atoms. The first kappa shape index (κ1) is 63.5. The van der Waals surface area contributed by atoms with Crippen LogP contribution in [0, 0.1) is 22.7 Å². The smallest absolute Gasteiger partial charge is 0.346 e. The Morgan fingerprint density at radius 2 is 0.747 bits per heavy atom. The minimum Gasteiger partial charge on any atom is -0.477 e. The third-order valence-electron chi connectivity index (χ3n) is 19.6. The number of carbonyl (C=O) groups is 2. The fraction of sp³-hybridized carbons (Fsp3) is 0.360. The van der Waals surface area contributed by atoms with Crippen LogP contribution in [0.15, 0.2) is 120 Å². The van der Waals surface area contributed by atoms with Gasteiger partial charge in [0.15, 0.2) is 0 Å². The number of rotatable bonds is 16. The predicted octanol–water partition coefficient (Wildman–Crippen LogP) is 21.3. The molecule has 8 aromatic rings. The zero-order chi connectivity index (χ0) is 63.4. The van der Waals surface area contributed by atoms with Gasteiger partial charge >= 0.3 is 11.9 Å². The Balaban J connectivity index is 1.33. The van der Waals surface area contributed by atoms with Gasteiger partial charge in [-0.3, -0.25) is 0 Å². The number of nitrogens with zero attached hydrogens (tertiary/aromatic N) is 2. The largest absolute Gasteiger partial charge is 0.477 e. The van der Waals surface area contributed by atoms with E-state index in [-0.39, 0.29) is 22.0 Å². The molecule has 0 radical (unpaired) electrons. The summed E-state index contributed by atoms with van der Waals surface area (Å²) in [7, 11) is -4.60. The van der Waals surface area contributed by atoms with E-state index in [4.69, 9.17) is 0 Å². The van der Waals surface area contributed by atoms with Crippen molar-refractivity contribution in [3.63, 3.8) is 0 Å². The number of hydrogen-bond acceptors (Lipinski definition) is 8. The van der Waals surface area contributed by atoms with Gasteiger partial charge in [-0.15, -0.1) is 45.3 Å². The molecule has 12 heteroatoms. The summed E-state index contributed by atoms with van der Waals surface area (Å²) in [5.41, 5.74) is 16.5. The molecule has 0 atom stereocenters. The van der Waals surface area contributed by atoms with Crippen LogP contribution in [0.5, 0.6) is 0 Å². The summed E-state index contributed by atoms with van der Waals surface area (Å²) in [6.45, 7) is 41.7. The Morgan fingerprint density at radius 3 is 1.02 bits per heavy atom. The van der Waals surface area contributed by atoms with Gasteiger partial charge in [-0.2, -0.15) is 10.5 Å². The quantitative estimate of drug-likeness (QED) is 0.0564. The van der Waals surface area contributed by atoms with Crippen molar-refractivity contribution in [2.45, 2.75) is 174 Å². The van der Waals surface area contributed by atoms with E-state index in [1.165, 1.54) is 42.4 Å². The topological polar surface area (TPSA) is 122 Å². The van der Waals surface area contributed by atoms with Gasteiger partial charge in [-0.1, -0.05) is 197 Å². The minimum absolute atomic E-state index is 0.00336. The van der Waals surface area contributed by atoms with Crippen molar-refractivity contribution in [3.8, 4) is 74.8 Å². The highest BCUT2D eigenvalue weighted by Crippen LogP contribution is 2.68. The Kier molecular flexibility index (Phi) is 16.9. The lowest BCUT2D eigenvalue weighted by atomic mass is 9.71. The van der Waals surface area contributed by atoms with Crippen LogP contribution in [0.4, 0.5) is 0 Å². The minimum atomic E-state index is -2.30. The SMILES string of the molecule is CC(C)[Si](c1cc(/C=C(/C#N)C(=O)O)c(-c2cc3c(s2)-c2sc(-c4sc([Si](C(C)C)(C(C)C)C(C)C)cc4/C=C(/C#N)C(=O)O)cc2C32c3ccc(-c4ccc(C(C)(C)C)cc4)cc3-c3cc(-c4ccc(C(C)(C)C)cc4)ccc32)s1)(C(C)C)C(C)C. The van der Waals surface area contributed by atoms with E-state index in [1.807, 2.05) is 12.1 Å². The van der Waals surface area contributed by atoms with Crippen molar-refractivity contribution >= 4 is 94.6 Å². The van der Waals surface area contributed by atoms with Crippen LogP contribution in [0.25, 0.3) is 74.8 Å². The normalized spacial score (nSPS) is 14.2. The number of aliphatic carboxylic acids is 2. The van der Waals surface area contributed by atoms with Crippen LogP contribution in [0.3, 0.4) is 0 Å². The van der Waals surface area contributed by atoms with E-state index < -0.39 is 33.5 Å². The van der Waals surface area contributed by atoms with Gasteiger partial charge in [-0.05, 0) is 180 Å². The highest BCUT2D eigenvalue weighted by atomic mass is 32.1. The fourth-order valence-electron chi connectivity index (χ4n) is 15.8. The second-order valence-electron chi connectivity index (χ2n) is 28.2. The van der Waals surface area contributed by atoms with Gasteiger partial charge in [0.1, 0.15) is 39.4 Å². The first-order valence-corrected chi connectivity index (χ1v) is 38.4. The predicted molar refractivity (Wildman–Crippen MR) is 377 cm³/mol. The molecule has 10 rings (SSSR count). The van der Waals surface area contributed by atoms with Crippen molar-refractivity contribution < 1.29 is 19.8 Å². The molecular weight excluding hydrogens is 1180 g/mol. The average Bonchev–Trinajstić information content (AvgIpc) is 1.50. The third kappa shape index (κ3) is 10.3. The molecular formula is C75H82N2O4S4Si2. The lowest BCUT2D eigenvalue weighted by Crippen LogP contribution is -2.54. The van der Waals surface area contributed by atoms with Gasteiger partial charge in [0.2, 0.25) is 0 Å². The molecule has 0 fully saturated rings. The molecule has 0 saturated heterocycles. The molecule has 2 aliphatic carbocycles. The van der Waals surface area contributed by atoms with E-state index in [0.717, 1.165) is 73.8 Å². The van der Waals surface area contributed by atoms with Crippen LogP contribution in [0.2, 0.25) is 33.2 Å². The number of carboxylic acids is 2. The number of hydrogen-bond donors (Lipinski definition) is 2. The molecule has 4 aromatic carbocycles. The zero-order valence-electron chi connectivity index (χ0n) is 53.7. The van der Waals surface area contributed by atoms with Gasteiger partial charge in [0.25, 0.3) is 0 Å². The molecule has 1 spiro atoms. The van der Waals surface area contributed by atoms with Crippen molar-refractivity contribution in [1.82, 2.24) is 0 Å². The molecule has 2 N–H and O–H groups in total. The monoisotopic (exact) mass is 1260 g/mol. The molecule has 2 aliphatic rings. The van der Waals surface area contributed by atoms with E-state index in [1.54, 1.807) is 57.5 Å². The van der Waals surface area contributed by atoms with E-state index in [9.17, 15) is 30.3 Å². The summed E-state index contributed by atoms with van der Waals surface area (Å²) >= 11 is 7.08. The summed E-state index contributed by atoms with van der Waals surface area (Å²) in [5, 5.41) is 41.6. The lowest BCUT2D eigenvalue weighted by Gasteiger charge is -2.42. The first-order chi connectivity index (χ1) is 40.9. The maximum absolute atomic E-state index is 12.8. The molecule has 4 heterocycles. The van der Waals surface area contributed by atoms with Crippen LogP contribution in [-0.2, 0) is 25.8 Å². The summed E-state index contributed by atoms with van der Waals surface area (Å²) < 4.78 is 2.62. The second-order valence-corrected chi connectivity index (χ2v) is 44.8. The molecule has 4 aromatic heterocycles. The lowest BCUT2D eigenvalue weighted by molar-refractivity contribution is -0.133. The van der Waals surface area contributed by atoms with E-state index in [2.05, 4.69) is 234 Å². The highest BCUT2D eigenvalue weighted by molar-refractivity contribution is 7.34. The van der Waals surface area contributed by atoms with E-state index in [0.29, 0.717) is 33.2 Å². The van der Waals surface area contributed by atoms with Gasteiger partial charge in [0, 0.05) is 9.75 Å². The van der Waals surface area contributed by atoms with Crippen LogP contribution < -0.4 is 9.00 Å². The zero-order valence-corrected chi connectivity index (χ0v) is 59.0. The number of benzene rings is 4. The molecule has 0 amide bonds. The fourth-order valence-corrected chi connectivity index (χ4v) is 38.9. The standard InChI is InChI=1S/C75H82N2O4S4Si2/c1-41(2)86(42(3)4,43(5)6)65-35-51(31-53(39-76)71(78)79)67(84-65)63-37-61-69(82-63)70-62(38-64(83-70)68-52(32-54(40-77)72(80)81)36-66(85-68)87(44(7)8,45(9)10)46(11)12)75(61)59-29-23-49(47-19-25-55(26-20-47)73(13,14)15)33-57(59)58-34-50(24-30-60(58)75)48-21-27-56(28-22-48)74(16,17)18/h19-38,41-46H,1-18H3,(H,78,79)(H,80,81)/b53-31-,54-32-. The third-order valence-corrected chi connectivity index (χ3v) is 40.6. The molecule has 0 unspecified atom stereocenters. The Hall–Kier alpha value is -6.49. The van der Waals surface area contributed by atoms with E-state index >= 15 is 0 Å². The van der Waals surface area contributed by atoms with Gasteiger partial charge in [0.05, 0.1) is 24.9 Å². The van der Waals surface area contributed by atoms with Crippen molar-refractivity contribution in [2.75, 3.05) is 0 Å². The second kappa shape index (κ2) is 23.1. The van der Waals surface area contributed by atoms with Crippen molar-refractivity contribution in [2.24, 2.45) is 0 Å². The molecule has 448 valence electrons. The number of fused-ring (bicyclic) bond motifs is 10. The summed E-state index contributed by atoms with van der Waals surface area (Å²) in [6, 6.07) is 45.4. The maximum Gasteiger partial charge on any atom is 0.346 e. The van der Waals surface area contributed by atoms with Crippen LogP contribution in [-0.4, -0.2) is 38.3 Å². The molecule has 87 heavy (non-hydrogen) atoms. The maximum atomic E-state index is 12.8. The molecule has 0 aliphatic heterocycles. The van der Waals surface area contributed by atoms with Crippen molar-refractivity contribution in [3.05, 3.63) is 165 Å². The average molecular weight is 1260 g/mol. The highest BCUT2D eigenvalue weighted by Gasteiger charge is 2.55. The Bertz CT molecular complexity index is 3870. The van der Waals surface area contributed by atoms with Crippen LogP contribution >= 0.6 is 45.3 Å². The van der Waals surface area contributed by atoms with Gasteiger partial charge in [-0.25, -0.2) is 9.59 Å². The van der Waals surface area contributed by atoms with Gasteiger partial charge < -0.3 is 10.2 Å². The number of carboxylic acid groups (broad SMARTS) is 2. The summed E-state index contributed by atoms with van der Waals surface area (Å²) in [5.74, 6) is -2.50. The summed E-state index contributed by atoms with van der Waals surface area (Å²) in [4.78, 5) is 31.8. The van der Waals surface area contributed by atoms with Crippen LogP contribution in [0.1, 0.15) is 169 Å².